The summed E-state index contributed by atoms with van der Waals surface area (Å²) in [5.41, 5.74) is 0. The van der Waals surface area contributed by atoms with Gasteiger partial charge in [-0.3, -0.25) is 0 Å². The summed E-state index contributed by atoms with van der Waals surface area (Å²) in [4.78, 5) is 0. The van der Waals surface area contributed by atoms with Gasteiger partial charge >= 0.3 is 41.5 Å². The Kier molecular flexibility index (Phi) is 12.5. The summed E-state index contributed by atoms with van der Waals surface area (Å²) in [5, 5.41) is 0. The quantitative estimate of drug-likeness (QED) is 0.581. The average Bonchev–Trinajstić information content (AvgIpc) is 0.811. The number of rotatable bonds is 0. The van der Waals surface area contributed by atoms with Crippen molar-refractivity contribution in [2.45, 2.75) is 0 Å². The van der Waals surface area contributed by atoms with Crippen LogP contribution in [0.3, 0.4) is 0 Å². The number of halogens is 3. The summed E-state index contributed by atoms with van der Waals surface area (Å²) in [6.45, 7) is 0. The third-order valence-corrected chi connectivity index (χ3v) is 0. The Morgan fingerprint density at radius 2 is 1.00 bits per heavy atom. The fourth-order valence-corrected chi connectivity index (χ4v) is 0. The van der Waals surface area contributed by atoms with E-state index in [1.54, 1.807) is 0 Å². The van der Waals surface area contributed by atoms with Gasteiger partial charge in [-0.1, -0.05) is 0 Å². The van der Waals surface area contributed by atoms with Crippen molar-refractivity contribution in [3.05, 3.63) is 0 Å². The zero-order valence-electron chi connectivity index (χ0n) is 1.79. The molecule has 5 heavy (non-hydrogen) atoms. The summed E-state index contributed by atoms with van der Waals surface area (Å²) in [5.74, 6) is 0. The molecule has 0 aromatic rings. The molecule has 0 bridgehead atoms. The predicted octanol–water partition coefficient (Wildman–Crippen LogP) is 2.06. The molecule has 5 heteroatoms. The Labute approximate surface area is 63.2 Å². The Hall–Kier alpha value is 2.13. The van der Waals surface area contributed by atoms with Crippen LogP contribution in [0.25, 0.3) is 0 Å². The molecule has 0 aromatic heterocycles. The van der Waals surface area contributed by atoms with Crippen molar-refractivity contribution in [1.82, 2.24) is 0 Å². The molecule has 40 valence electrons. The molecular formula is AuCl3Fe. The van der Waals surface area contributed by atoms with Gasteiger partial charge in [-0.15, -0.1) is 0 Å². The van der Waals surface area contributed by atoms with Gasteiger partial charge in [0.15, 0.2) is 0 Å². The molecule has 0 saturated carbocycles. The van der Waals surface area contributed by atoms with E-state index in [1.807, 2.05) is 0 Å². The van der Waals surface area contributed by atoms with Crippen LogP contribution < -0.4 is 0 Å². The minimum atomic E-state index is -1.33. The number of hydrogen-bond acceptors (Lipinski definition) is 0. The maximum absolute atomic E-state index is 4.89. The van der Waals surface area contributed by atoms with Crippen molar-refractivity contribution < 1.29 is 33.5 Å². The molecule has 0 rings (SSSR count). The van der Waals surface area contributed by atoms with E-state index in [4.69, 9.17) is 30.3 Å². The van der Waals surface area contributed by atoms with Crippen molar-refractivity contribution >= 4 is 30.3 Å². The second kappa shape index (κ2) is 6.13. The molecule has 0 N–H and O–H groups in total. The molecule has 0 atom stereocenters. The van der Waals surface area contributed by atoms with Gasteiger partial charge < -0.3 is 0 Å². The van der Waals surface area contributed by atoms with E-state index in [0.717, 1.165) is 0 Å². The van der Waals surface area contributed by atoms with Crippen LogP contribution in [0.4, 0.5) is 0 Å². The van der Waals surface area contributed by atoms with Crippen LogP contribution >= 0.6 is 30.3 Å². The normalized spacial score (nSPS) is 9.00. The summed E-state index contributed by atoms with van der Waals surface area (Å²) in [6, 6.07) is 0. The molecule has 0 aliphatic rings. The molecule has 0 saturated heterocycles. The summed E-state index contributed by atoms with van der Waals surface area (Å²) in [7, 11) is 14.7. The molecule has 0 aliphatic carbocycles. The zero-order valence-corrected chi connectivity index (χ0v) is 7.33. The van der Waals surface area contributed by atoms with Crippen LogP contribution in [0.1, 0.15) is 0 Å². The van der Waals surface area contributed by atoms with Crippen LogP contribution in [0.2, 0.25) is 0 Å². The van der Waals surface area contributed by atoms with E-state index < -0.39 is 11.2 Å². The van der Waals surface area contributed by atoms with Gasteiger partial charge in [-0.2, -0.15) is 0 Å². The molecule has 0 spiro atoms. The van der Waals surface area contributed by atoms with E-state index in [2.05, 4.69) is 0 Å². The van der Waals surface area contributed by atoms with Gasteiger partial charge in [-0.05, 0) is 0 Å². The van der Waals surface area contributed by atoms with Gasteiger partial charge in [0.1, 0.15) is 0 Å². The molecular weight excluding hydrogens is 359 g/mol. The Bertz CT molecular complexity index is 11.6. The fourth-order valence-electron chi connectivity index (χ4n) is 0. The third kappa shape index (κ3) is 23.0. The Morgan fingerprint density at radius 1 is 1.00 bits per heavy atom. The standard InChI is InChI=1S/Au.3ClH.Fe/h;3*1H;/q;;;;+3/p-3. The van der Waals surface area contributed by atoms with Crippen molar-refractivity contribution in [3.8, 4) is 0 Å². The van der Waals surface area contributed by atoms with E-state index in [1.165, 1.54) is 0 Å². The maximum atomic E-state index is 4.89. The van der Waals surface area contributed by atoms with Gasteiger partial charge in [-0.25, -0.2) is 0 Å². The molecule has 0 unspecified atom stereocenters. The summed E-state index contributed by atoms with van der Waals surface area (Å²) < 4.78 is 0. The van der Waals surface area contributed by atoms with E-state index in [0.29, 0.717) is 0 Å². The SMILES string of the molecule is [Au].[Cl][Fe]([Cl])[Cl]. The van der Waals surface area contributed by atoms with Crippen LogP contribution in [0.15, 0.2) is 0 Å². The van der Waals surface area contributed by atoms with Crippen LogP contribution in [0, 0.1) is 0 Å². The van der Waals surface area contributed by atoms with Crippen molar-refractivity contribution in [1.29, 1.82) is 0 Å². The molecule has 1 radical (unpaired) electrons. The number of hydrogen-bond donors (Lipinski definition) is 0. The van der Waals surface area contributed by atoms with E-state index in [9.17, 15) is 0 Å². The fraction of sp³-hybridized carbons (Fsp3) is 0. The first-order valence-corrected chi connectivity index (χ1v) is 4.96. The van der Waals surface area contributed by atoms with Crippen molar-refractivity contribution in [3.63, 3.8) is 0 Å². The summed E-state index contributed by atoms with van der Waals surface area (Å²) >= 11 is -1.33. The topological polar surface area (TPSA) is 0 Å². The molecule has 0 fully saturated rings. The average molecular weight is 359 g/mol. The van der Waals surface area contributed by atoms with Gasteiger partial charge in [0.25, 0.3) is 0 Å². The second-order valence-corrected chi connectivity index (χ2v) is 5.62. The molecule has 0 heterocycles. The third-order valence-electron chi connectivity index (χ3n) is 0. The first kappa shape index (κ1) is 10.2. The van der Waals surface area contributed by atoms with Gasteiger partial charge in [0.2, 0.25) is 0 Å². The van der Waals surface area contributed by atoms with Gasteiger partial charge in [0, 0.05) is 22.4 Å². The van der Waals surface area contributed by atoms with Crippen LogP contribution in [-0.4, -0.2) is 0 Å². The molecule has 0 aromatic carbocycles. The van der Waals surface area contributed by atoms with E-state index >= 15 is 0 Å². The first-order valence-electron chi connectivity index (χ1n) is 0.401. The zero-order chi connectivity index (χ0) is 3.58. The second-order valence-electron chi connectivity index (χ2n) is 0.152. The molecule has 0 aliphatic heterocycles. The van der Waals surface area contributed by atoms with Crippen molar-refractivity contribution in [2.75, 3.05) is 0 Å². The Balaban J connectivity index is 0. The summed E-state index contributed by atoms with van der Waals surface area (Å²) in [6.07, 6.45) is 0. The first-order chi connectivity index (χ1) is 1.73. The molecule has 0 amide bonds. The predicted molar refractivity (Wildman–Crippen MR) is 17.6 cm³/mol. The Morgan fingerprint density at radius 3 is 1.00 bits per heavy atom. The van der Waals surface area contributed by atoms with Crippen molar-refractivity contribution in [2.24, 2.45) is 0 Å². The van der Waals surface area contributed by atoms with Gasteiger partial charge in [0.05, 0.1) is 0 Å². The minimum absolute atomic E-state index is 0. The van der Waals surface area contributed by atoms with Crippen LogP contribution in [0.5, 0.6) is 0 Å². The monoisotopic (exact) mass is 358 g/mol. The van der Waals surface area contributed by atoms with Crippen LogP contribution in [-0.2, 0) is 33.5 Å². The molecule has 0 nitrogen and oxygen atoms in total. The van der Waals surface area contributed by atoms with E-state index in [-0.39, 0.29) is 22.4 Å².